The zero-order valence-electron chi connectivity index (χ0n) is 9.54. The molecule has 10 heteroatoms. The molecule has 0 amide bonds. The molecule has 0 aliphatic rings. The predicted molar refractivity (Wildman–Crippen MR) is 53.2 cm³/mol. The molecular weight excluding hydrogens is 308 g/mol. The third-order valence-corrected chi connectivity index (χ3v) is 2.99. The summed E-state index contributed by atoms with van der Waals surface area (Å²) >= 11 is 0.544. The Labute approximate surface area is 107 Å². The first-order chi connectivity index (χ1) is 8.36. The van der Waals surface area contributed by atoms with Crippen molar-refractivity contribution in [2.75, 3.05) is 5.75 Å². The van der Waals surface area contributed by atoms with Gasteiger partial charge in [-0.15, -0.1) is 0 Å². The highest BCUT2D eigenvalue weighted by atomic mass is 32.2. The Morgan fingerprint density at radius 3 is 1.95 bits per heavy atom. The van der Waals surface area contributed by atoms with Crippen LogP contribution >= 0.6 is 11.8 Å². The summed E-state index contributed by atoms with van der Waals surface area (Å²) in [5.41, 5.74) is 0. The van der Waals surface area contributed by atoms with E-state index in [-0.39, 0.29) is 5.75 Å². The first-order valence-corrected chi connectivity index (χ1v) is 5.90. The Morgan fingerprint density at radius 2 is 1.58 bits per heavy atom. The van der Waals surface area contributed by atoms with Gasteiger partial charge < -0.3 is 0 Å². The van der Waals surface area contributed by atoms with Gasteiger partial charge >= 0.3 is 24.2 Å². The highest BCUT2D eigenvalue weighted by Gasteiger charge is 2.74. The van der Waals surface area contributed by atoms with Crippen LogP contribution in [0.1, 0.15) is 19.8 Å². The lowest BCUT2D eigenvalue weighted by Gasteiger charge is -2.32. The molecule has 0 aromatic heterocycles. The molecule has 114 valence electrons. The van der Waals surface area contributed by atoms with Gasteiger partial charge in [0.05, 0.1) is 0 Å². The van der Waals surface area contributed by atoms with Crippen molar-refractivity contribution in [1.82, 2.24) is 0 Å². The number of carbonyl (C=O) groups is 1. The summed E-state index contributed by atoms with van der Waals surface area (Å²) < 4.78 is 99.7. The number of hydrogen-bond acceptors (Lipinski definition) is 2. The lowest BCUT2D eigenvalue weighted by molar-refractivity contribution is -0.339. The van der Waals surface area contributed by atoms with Crippen LogP contribution in [-0.2, 0) is 4.79 Å². The number of carbonyl (C=O) groups excluding carboxylic acids is 1. The Morgan fingerprint density at radius 1 is 1.11 bits per heavy atom. The third kappa shape index (κ3) is 4.22. The average Bonchev–Trinajstić information content (AvgIpc) is 2.23. The largest absolute Gasteiger partial charge is 0.377 e. The lowest BCUT2D eigenvalue weighted by atomic mass is 10.0. The van der Waals surface area contributed by atoms with E-state index in [0.717, 1.165) is 6.92 Å². The van der Waals surface area contributed by atoms with E-state index < -0.39 is 42.1 Å². The standard InChI is InChI=1S/C9H10F8OS/c1-5(18)19-4-2-3-7(12,13)9(16,17)8(14,15)6(10)11/h6H,2-4H2,1H3. The van der Waals surface area contributed by atoms with Crippen molar-refractivity contribution < 1.29 is 39.9 Å². The maximum atomic E-state index is 12.9. The molecule has 0 atom stereocenters. The van der Waals surface area contributed by atoms with Crippen LogP contribution in [0.5, 0.6) is 0 Å². The molecule has 0 rings (SSSR count). The topological polar surface area (TPSA) is 17.1 Å². The van der Waals surface area contributed by atoms with Crippen molar-refractivity contribution in [3.05, 3.63) is 0 Å². The molecule has 0 unspecified atom stereocenters. The van der Waals surface area contributed by atoms with Crippen LogP contribution in [0, 0.1) is 0 Å². The molecule has 0 fully saturated rings. The normalized spacial score (nSPS) is 14.0. The minimum absolute atomic E-state index is 0.290. The monoisotopic (exact) mass is 318 g/mol. The second kappa shape index (κ2) is 6.27. The minimum Gasteiger partial charge on any atom is -0.288 e. The highest BCUT2D eigenvalue weighted by molar-refractivity contribution is 8.13. The van der Waals surface area contributed by atoms with Crippen LogP contribution in [-0.4, -0.2) is 35.1 Å². The molecule has 0 aliphatic carbocycles. The Balaban J connectivity index is 4.73. The lowest BCUT2D eigenvalue weighted by Crippen LogP contribution is -2.57. The molecule has 0 spiro atoms. The molecule has 0 N–H and O–H groups in total. The van der Waals surface area contributed by atoms with E-state index in [0.29, 0.717) is 11.8 Å². The van der Waals surface area contributed by atoms with Crippen molar-refractivity contribution >= 4 is 16.9 Å². The summed E-state index contributed by atoms with van der Waals surface area (Å²) in [6.07, 6.45) is -7.31. The second-order valence-electron chi connectivity index (χ2n) is 3.65. The molecular formula is C9H10F8OS. The summed E-state index contributed by atoms with van der Waals surface area (Å²) in [6.45, 7) is 1.10. The van der Waals surface area contributed by atoms with E-state index in [2.05, 4.69) is 0 Å². The maximum absolute atomic E-state index is 12.9. The fourth-order valence-electron chi connectivity index (χ4n) is 1.05. The molecule has 0 saturated carbocycles. The number of halogens is 8. The van der Waals surface area contributed by atoms with Gasteiger partial charge in [-0.1, -0.05) is 11.8 Å². The van der Waals surface area contributed by atoms with Crippen LogP contribution in [0.25, 0.3) is 0 Å². The SMILES string of the molecule is CC(=O)SCCCC(F)(F)C(F)(F)C(F)(F)C(F)F. The van der Waals surface area contributed by atoms with Gasteiger partial charge in [0, 0.05) is 19.1 Å². The van der Waals surface area contributed by atoms with Crippen molar-refractivity contribution in [2.45, 2.75) is 44.0 Å². The second-order valence-corrected chi connectivity index (χ2v) is 4.92. The number of thioether (sulfide) groups is 1. The van der Waals surface area contributed by atoms with Gasteiger partial charge in [-0.2, -0.15) is 26.3 Å². The Kier molecular flexibility index (Phi) is 6.10. The summed E-state index contributed by atoms with van der Waals surface area (Å²) in [5, 5.41) is -0.465. The van der Waals surface area contributed by atoms with Crippen molar-refractivity contribution in [3.8, 4) is 0 Å². The van der Waals surface area contributed by atoms with Crippen molar-refractivity contribution in [1.29, 1.82) is 0 Å². The van der Waals surface area contributed by atoms with E-state index in [4.69, 9.17) is 0 Å². The molecule has 1 nitrogen and oxygen atoms in total. The Bertz CT molecular complexity index is 317. The molecule has 0 saturated heterocycles. The predicted octanol–water partition coefficient (Wildman–Crippen LogP) is 4.22. The fourth-order valence-corrected chi connectivity index (χ4v) is 1.62. The third-order valence-electron chi connectivity index (χ3n) is 2.09. The quantitative estimate of drug-likeness (QED) is 0.516. The van der Waals surface area contributed by atoms with Gasteiger partial charge in [0.2, 0.25) is 0 Å². The highest BCUT2D eigenvalue weighted by Crippen LogP contribution is 2.50. The summed E-state index contributed by atoms with van der Waals surface area (Å²) in [7, 11) is 0. The van der Waals surface area contributed by atoms with Crippen LogP contribution in [0.3, 0.4) is 0 Å². The van der Waals surface area contributed by atoms with Crippen LogP contribution < -0.4 is 0 Å². The molecule has 19 heavy (non-hydrogen) atoms. The van der Waals surface area contributed by atoms with E-state index in [1.54, 1.807) is 0 Å². The first kappa shape index (κ1) is 18.5. The summed E-state index contributed by atoms with van der Waals surface area (Å²) in [4.78, 5) is 10.4. The van der Waals surface area contributed by atoms with Gasteiger partial charge in [-0.25, -0.2) is 8.78 Å². The van der Waals surface area contributed by atoms with Gasteiger partial charge in [-0.3, -0.25) is 4.79 Å². The molecule has 0 aliphatic heterocycles. The van der Waals surface area contributed by atoms with E-state index in [1.165, 1.54) is 0 Å². The fraction of sp³-hybridized carbons (Fsp3) is 0.889. The number of alkyl halides is 8. The van der Waals surface area contributed by atoms with Gasteiger partial charge in [0.25, 0.3) is 0 Å². The van der Waals surface area contributed by atoms with Crippen LogP contribution in [0.15, 0.2) is 0 Å². The zero-order valence-corrected chi connectivity index (χ0v) is 10.4. The molecule has 0 bridgehead atoms. The summed E-state index contributed by atoms with van der Waals surface area (Å²) in [6, 6.07) is 0. The average molecular weight is 318 g/mol. The van der Waals surface area contributed by atoms with Crippen molar-refractivity contribution in [3.63, 3.8) is 0 Å². The first-order valence-electron chi connectivity index (χ1n) is 4.91. The van der Waals surface area contributed by atoms with Gasteiger partial charge in [0.1, 0.15) is 0 Å². The van der Waals surface area contributed by atoms with E-state index in [1.807, 2.05) is 0 Å². The number of rotatable bonds is 7. The summed E-state index contributed by atoms with van der Waals surface area (Å²) in [5.74, 6) is -17.9. The van der Waals surface area contributed by atoms with E-state index in [9.17, 15) is 39.9 Å². The Hall–Kier alpha value is -0.540. The molecule has 0 radical (unpaired) electrons. The van der Waals surface area contributed by atoms with Crippen molar-refractivity contribution in [2.24, 2.45) is 0 Å². The minimum atomic E-state index is -6.16. The zero-order chi connectivity index (χ0) is 15.5. The van der Waals surface area contributed by atoms with Crippen LogP contribution in [0.4, 0.5) is 35.1 Å². The van der Waals surface area contributed by atoms with Gasteiger partial charge in [0.15, 0.2) is 5.12 Å². The number of hydrogen-bond donors (Lipinski definition) is 0. The van der Waals surface area contributed by atoms with E-state index >= 15 is 0 Å². The molecule has 0 heterocycles. The van der Waals surface area contributed by atoms with Crippen LogP contribution in [0.2, 0.25) is 0 Å². The molecule has 0 aromatic rings. The van der Waals surface area contributed by atoms with Gasteiger partial charge in [-0.05, 0) is 6.42 Å². The molecule has 0 aromatic carbocycles. The smallest absolute Gasteiger partial charge is 0.288 e. The maximum Gasteiger partial charge on any atom is 0.377 e.